The van der Waals surface area contributed by atoms with E-state index in [1.165, 1.54) is 17.7 Å². The number of nitrogens with one attached hydrogen (secondary N) is 1. The number of benzene rings is 1. The van der Waals surface area contributed by atoms with Crippen LogP contribution in [0.5, 0.6) is 0 Å². The average Bonchev–Trinajstić information content (AvgIpc) is 2.52. The van der Waals surface area contributed by atoms with Gasteiger partial charge < -0.3 is 10.4 Å². The van der Waals surface area contributed by atoms with Crippen LogP contribution in [0.25, 0.3) is 5.57 Å². The number of halogens is 6. The molecular weight excluding hydrogens is 364 g/mol. The highest BCUT2D eigenvalue weighted by Gasteiger charge is 2.38. The Morgan fingerprint density at radius 2 is 1.58 bits per heavy atom. The second kappa shape index (κ2) is 7.30. The molecule has 1 aliphatic heterocycles. The van der Waals surface area contributed by atoms with Crippen LogP contribution in [0.2, 0.25) is 0 Å². The molecular formula is C17H17F6NO2. The first-order chi connectivity index (χ1) is 11.9. The highest BCUT2D eigenvalue weighted by Crippen LogP contribution is 2.41. The number of carbonyl (C=O) groups is 1. The predicted molar refractivity (Wildman–Crippen MR) is 82.3 cm³/mol. The van der Waals surface area contributed by atoms with Crippen molar-refractivity contribution in [1.29, 1.82) is 0 Å². The van der Waals surface area contributed by atoms with Crippen LogP contribution in [-0.4, -0.2) is 30.3 Å². The van der Waals surface area contributed by atoms with Crippen molar-refractivity contribution in [3.8, 4) is 0 Å². The monoisotopic (exact) mass is 381 g/mol. The summed E-state index contributed by atoms with van der Waals surface area (Å²) < 4.78 is 69.2. The summed E-state index contributed by atoms with van der Waals surface area (Å²) in [5.74, 6) is -2.76. The van der Waals surface area contributed by atoms with Crippen LogP contribution in [-0.2, 0) is 11.0 Å². The Kier molecular flexibility index (Phi) is 5.70. The van der Waals surface area contributed by atoms with Gasteiger partial charge in [0.05, 0.1) is 5.56 Å². The lowest BCUT2D eigenvalue weighted by Crippen LogP contribution is -2.53. The molecule has 1 fully saturated rings. The van der Waals surface area contributed by atoms with Crippen LogP contribution >= 0.6 is 0 Å². The van der Waals surface area contributed by atoms with Gasteiger partial charge >= 0.3 is 18.3 Å². The van der Waals surface area contributed by atoms with Gasteiger partial charge in [-0.15, -0.1) is 0 Å². The summed E-state index contributed by atoms with van der Waals surface area (Å²) in [6, 6.07) is 5.52. The molecule has 1 heterocycles. The van der Waals surface area contributed by atoms with Crippen molar-refractivity contribution in [3.63, 3.8) is 0 Å². The third-order valence-electron chi connectivity index (χ3n) is 4.53. The van der Waals surface area contributed by atoms with Crippen LogP contribution in [0.1, 0.15) is 30.4 Å². The van der Waals surface area contributed by atoms with E-state index in [2.05, 4.69) is 11.4 Å². The topological polar surface area (TPSA) is 49.3 Å². The van der Waals surface area contributed by atoms with E-state index < -0.39 is 23.9 Å². The Morgan fingerprint density at radius 3 is 1.88 bits per heavy atom. The summed E-state index contributed by atoms with van der Waals surface area (Å²) in [6.45, 7) is 2.15. The summed E-state index contributed by atoms with van der Waals surface area (Å²) in [7, 11) is 0. The molecule has 26 heavy (non-hydrogen) atoms. The Balaban J connectivity index is 0.000000298. The third-order valence-corrected chi connectivity index (χ3v) is 4.53. The highest BCUT2D eigenvalue weighted by atomic mass is 19.4. The number of alkyl halides is 6. The fraction of sp³-hybridized carbons (Fsp3) is 0.471. The van der Waals surface area contributed by atoms with Crippen molar-refractivity contribution in [3.05, 3.63) is 41.5 Å². The van der Waals surface area contributed by atoms with Gasteiger partial charge in [-0.2, -0.15) is 26.3 Å². The van der Waals surface area contributed by atoms with E-state index in [1.807, 2.05) is 0 Å². The normalized spacial score (nSPS) is 19.1. The van der Waals surface area contributed by atoms with E-state index >= 15 is 0 Å². The lowest BCUT2D eigenvalue weighted by Gasteiger charge is -2.44. The minimum Gasteiger partial charge on any atom is -0.475 e. The number of carboxylic acid groups (broad SMARTS) is 1. The minimum atomic E-state index is -5.08. The molecule has 1 aromatic carbocycles. The van der Waals surface area contributed by atoms with Gasteiger partial charge in [0.25, 0.3) is 0 Å². The average molecular weight is 381 g/mol. The van der Waals surface area contributed by atoms with Crippen molar-refractivity contribution >= 4 is 11.5 Å². The number of rotatable bonds is 1. The van der Waals surface area contributed by atoms with Crippen LogP contribution in [0.4, 0.5) is 26.3 Å². The van der Waals surface area contributed by atoms with Crippen LogP contribution < -0.4 is 5.32 Å². The van der Waals surface area contributed by atoms with Crippen LogP contribution in [0.15, 0.2) is 30.3 Å². The number of aliphatic carboxylic acids is 1. The summed E-state index contributed by atoms with van der Waals surface area (Å²) in [4.78, 5) is 8.90. The molecule has 0 radical (unpaired) electrons. The molecule has 2 N–H and O–H groups in total. The maximum Gasteiger partial charge on any atom is 0.490 e. The molecule has 3 rings (SSSR count). The zero-order chi connectivity index (χ0) is 19.6. The molecule has 0 atom stereocenters. The van der Waals surface area contributed by atoms with E-state index in [1.54, 1.807) is 12.1 Å². The highest BCUT2D eigenvalue weighted by molar-refractivity contribution is 5.73. The van der Waals surface area contributed by atoms with Crippen LogP contribution in [0.3, 0.4) is 0 Å². The maximum atomic E-state index is 12.5. The Labute approximate surface area is 145 Å². The van der Waals surface area contributed by atoms with Gasteiger partial charge in [0, 0.05) is 13.1 Å². The summed E-state index contributed by atoms with van der Waals surface area (Å²) in [5, 5.41) is 10.4. The molecule has 1 spiro atoms. The second-order valence-corrected chi connectivity index (χ2v) is 6.42. The van der Waals surface area contributed by atoms with Crippen molar-refractivity contribution < 1.29 is 36.2 Å². The number of hydrogen-bond acceptors (Lipinski definition) is 2. The number of allylic oxidation sites excluding steroid dienone is 2. The SMILES string of the molecule is FC(F)(F)c1ccc(C2=CCC3(CC2)CNC3)cc1.O=C(O)C(F)(F)F. The Bertz CT molecular complexity index is 672. The predicted octanol–water partition coefficient (Wildman–Crippen LogP) is 4.50. The van der Waals surface area contributed by atoms with E-state index in [9.17, 15) is 26.3 Å². The summed E-state index contributed by atoms with van der Waals surface area (Å²) in [6.07, 6.45) is -4.00. The van der Waals surface area contributed by atoms with Crippen LogP contribution in [0, 0.1) is 5.41 Å². The lowest BCUT2D eigenvalue weighted by molar-refractivity contribution is -0.192. The maximum absolute atomic E-state index is 12.5. The van der Waals surface area contributed by atoms with Crippen molar-refractivity contribution in [2.24, 2.45) is 5.41 Å². The second-order valence-electron chi connectivity index (χ2n) is 6.42. The molecule has 1 saturated heterocycles. The van der Waals surface area contributed by atoms with Gasteiger partial charge in [-0.05, 0) is 47.9 Å². The van der Waals surface area contributed by atoms with Gasteiger partial charge in [0.2, 0.25) is 0 Å². The van der Waals surface area contributed by atoms with Gasteiger partial charge in [-0.1, -0.05) is 18.2 Å². The third kappa shape index (κ3) is 5.00. The van der Waals surface area contributed by atoms with E-state index in [0.717, 1.165) is 37.9 Å². The standard InChI is InChI=1S/C15H16F3N.C2HF3O2/c16-15(17,18)13-3-1-11(2-4-13)12-5-7-14(8-6-12)9-19-10-14;3-2(4,5)1(6)7/h1-5,19H,6-10H2;(H,6,7). The smallest absolute Gasteiger partial charge is 0.475 e. The summed E-state index contributed by atoms with van der Waals surface area (Å²) in [5.41, 5.74) is 1.96. The molecule has 1 aromatic rings. The molecule has 0 aromatic heterocycles. The van der Waals surface area contributed by atoms with Crippen molar-refractivity contribution in [2.45, 2.75) is 31.6 Å². The first-order valence-electron chi connectivity index (χ1n) is 7.80. The van der Waals surface area contributed by atoms with E-state index in [-0.39, 0.29) is 0 Å². The molecule has 144 valence electrons. The molecule has 0 bridgehead atoms. The van der Waals surface area contributed by atoms with E-state index in [4.69, 9.17) is 9.90 Å². The largest absolute Gasteiger partial charge is 0.490 e. The Morgan fingerprint density at radius 1 is 1.04 bits per heavy atom. The quantitative estimate of drug-likeness (QED) is 0.705. The van der Waals surface area contributed by atoms with E-state index in [0.29, 0.717) is 5.41 Å². The molecule has 0 amide bonds. The molecule has 1 aliphatic carbocycles. The van der Waals surface area contributed by atoms with Gasteiger partial charge in [-0.3, -0.25) is 0 Å². The van der Waals surface area contributed by atoms with Crippen molar-refractivity contribution in [2.75, 3.05) is 13.1 Å². The molecule has 9 heteroatoms. The molecule has 0 saturated carbocycles. The lowest BCUT2D eigenvalue weighted by atomic mass is 9.70. The van der Waals surface area contributed by atoms with Gasteiger partial charge in [0.1, 0.15) is 0 Å². The molecule has 0 unspecified atom stereocenters. The fourth-order valence-electron chi connectivity index (χ4n) is 2.88. The first kappa shape index (κ1) is 20.3. The Hall–Kier alpha value is -2.03. The van der Waals surface area contributed by atoms with Crippen molar-refractivity contribution in [1.82, 2.24) is 5.32 Å². The number of hydrogen-bond donors (Lipinski definition) is 2. The summed E-state index contributed by atoms with van der Waals surface area (Å²) >= 11 is 0. The minimum absolute atomic E-state index is 0.426. The zero-order valence-electron chi connectivity index (χ0n) is 13.5. The zero-order valence-corrected chi connectivity index (χ0v) is 13.5. The fourth-order valence-corrected chi connectivity index (χ4v) is 2.88. The number of carboxylic acids is 1. The van der Waals surface area contributed by atoms with Gasteiger partial charge in [-0.25, -0.2) is 4.79 Å². The molecule has 2 aliphatic rings. The molecule has 3 nitrogen and oxygen atoms in total. The first-order valence-corrected chi connectivity index (χ1v) is 7.80. The van der Waals surface area contributed by atoms with Gasteiger partial charge in [0.15, 0.2) is 0 Å².